The molecule has 3 heterocycles. The van der Waals surface area contributed by atoms with Crippen LogP contribution in [0.1, 0.15) is 23.1 Å². The van der Waals surface area contributed by atoms with Crippen molar-refractivity contribution in [2.24, 2.45) is 0 Å². The van der Waals surface area contributed by atoms with Crippen molar-refractivity contribution in [2.75, 3.05) is 0 Å². The summed E-state index contributed by atoms with van der Waals surface area (Å²) in [6.07, 6.45) is 9.35. The first-order chi connectivity index (χ1) is 24.8. The molecule has 1 unspecified atom stereocenters. The summed E-state index contributed by atoms with van der Waals surface area (Å²) in [6, 6.07) is 51.3. The Morgan fingerprint density at radius 2 is 1.22 bits per heavy atom. The van der Waals surface area contributed by atoms with Gasteiger partial charge in [0.25, 0.3) is 0 Å². The normalized spacial score (nSPS) is 16.1. The Morgan fingerprint density at radius 3 is 1.98 bits per heavy atom. The van der Waals surface area contributed by atoms with Crippen LogP contribution in [0.15, 0.2) is 176 Å². The third-order valence-corrected chi connectivity index (χ3v) is 10.3. The van der Waals surface area contributed by atoms with E-state index < -0.39 is 5.41 Å². The van der Waals surface area contributed by atoms with E-state index >= 15 is 0 Å². The molecule has 0 saturated heterocycles. The number of ether oxygens (including phenoxy) is 1. The number of hydrogen-bond donors (Lipinski definition) is 0. The lowest BCUT2D eigenvalue weighted by Gasteiger charge is -2.45. The summed E-state index contributed by atoms with van der Waals surface area (Å²) >= 11 is 0. The number of aromatic nitrogens is 3. The van der Waals surface area contributed by atoms with Crippen LogP contribution in [-0.2, 0) is 5.41 Å². The first-order valence-electron chi connectivity index (χ1n) is 17.1. The molecule has 0 fully saturated rings. The molecule has 2 aromatic heterocycles. The number of fused-ring (bicyclic) bond motifs is 9. The van der Waals surface area contributed by atoms with Crippen molar-refractivity contribution in [2.45, 2.75) is 17.9 Å². The topological polar surface area (TPSA) is 47.9 Å². The molecule has 4 nitrogen and oxygen atoms in total. The third-order valence-electron chi connectivity index (χ3n) is 10.3. The van der Waals surface area contributed by atoms with Gasteiger partial charge in [0.15, 0.2) is 5.82 Å². The molecule has 10 rings (SSSR count). The highest BCUT2D eigenvalue weighted by Crippen LogP contribution is 2.61. The monoisotopic (exact) mass is 641 g/mol. The predicted octanol–water partition coefficient (Wildman–Crippen LogP) is 10.5. The molecule has 0 saturated carbocycles. The summed E-state index contributed by atoms with van der Waals surface area (Å²) in [5.74, 6) is 1.63. The first kappa shape index (κ1) is 28.6. The molecule has 1 atom stereocenters. The molecule has 0 N–H and O–H groups in total. The van der Waals surface area contributed by atoms with Crippen molar-refractivity contribution < 1.29 is 4.74 Å². The average molecular weight is 642 g/mol. The van der Waals surface area contributed by atoms with Crippen LogP contribution in [-0.4, -0.2) is 21.1 Å². The highest BCUT2D eigenvalue weighted by atomic mass is 16.5. The van der Waals surface area contributed by atoms with Gasteiger partial charge in [-0.25, -0.2) is 9.97 Å². The number of benzene rings is 5. The number of rotatable bonds is 4. The van der Waals surface area contributed by atoms with Crippen LogP contribution in [0.4, 0.5) is 0 Å². The van der Waals surface area contributed by atoms with Gasteiger partial charge in [-0.05, 0) is 69.3 Å². The number of pyridine rings is 1. The maximum Gasteiger partial charge on any atom is 0.160 e. The van der Waals surface area contributed by atoms with Crippen LogP contribution < -0.4 is 4.74 Å². The van der Waals surface area contributed by atoms with E-state index in [1.54, 1.807) is 6.20 Å². The van der Waals surface area contributed by atoms with Crippen LogP contribution in [0.5, 0.6) is 5.75 Å². The second-order valence-corrected chi connectivity index (χ2v) is 13.1. The van der Waals surface area contributed by atoms with Crippen molar-refractivity contribution in [3.8, 4) is 62.0 Å². The second-order valence-electron chi connectivity index (χ2n) is 13.1. The molecule has 7 aromatic rings. The van der Waals surface area contributed by atoms with Crippen LogP contribution >= 0.6 is 0 Å². The second kappa shape index (κ2) is 11.4. The Bertz CT molecular complexity index is 2380. The summed E-state index contributed by atoms with van der Waals surface area (Å²) in [5, 5.41) is 0. The fourth-order valence-electron chi connectivity index (χ4n) is 8.13. The molecule has 2 aliphatic carbocycles. The summed E-state index contributed by atoms with van der Waals surface area (Å²) in [6.45, 7) is 0. The van der Waals surface area contributed by atoms with Crippen LogP contribution in [0.25, 0.3) is 56.3 Å². The van der Waals surface area contributed by atoms with E-state index in [4.69, 9.17) is 14.7 Å². The van der Waals surface area contributed by atoms with E-state index in [1.165, 1.54) is 33.4 Å². The SMILES string of the molecule is C1=CCC2Oc3ccc(-c4ccc(-c5cc(-c6ccccn6)nc(-c6ccccc6)n5)cc4)cc3C3(C2=C1)c1ccccc1-c1ccccc13. The fourth-order valence-corrected chi connectivity index (χ4v) is 8.13. The van der Waals surface area contributed by atoms with Gasteiger partial charge in [-0.1, -0.05) is 133 Å². The fraction of sp³-hybridized carbons (Fsp3) is 0.0652. The minimum atomic E-state index is -0.428. The van der Waals surface area contributed by atoms with Gasteiger partial charge < -0.3 is 4.74 Å². The number of allylic oxidation sites excluding steroid dienone is 2. The van der Waals surface area contributed by atoms with Gasteiger partial charge in [-0.2, -0.15) is 0 Å². The van der Waals surface area contributed by atoms with Gasteiger partial charge in [0.2, 0.25) is 0 Å². The molecule has 3 aliphatic rings. The number of hydrogen-bond acceptors (Lipinski definition) is 4. The van der Waals surface area contributed by atoms with Crippen molar-refractivity contribution >= 4 is 0 Å². The third kappa shape index (κ3) is 4.35. The highest BCUT2D eigenvalue weighted by molar-refractivity contribution is 5.88. The quantitative estimate of drug-likeness (QED) is 0.192. The Balaban J connectivity index is 1.10. The van der Waals surface area contributed by atoms with Gasteiger partial charge in [0.05, 0.1) is 22.5 Å². The lowest BCUT2D eigenvalue weighted by molar-refractivity contribution is 0.205. The maximum atomic E-state index is 6.78. The minimum absolute atomic E-state index is 0.0125. The van der Waals surface area contributed by atoms with Gasteiger partial charge in [-0.3, -0.25) is 4.98 Å². The van der Waals surface area contributed by atoms with Crippen molar-refractivity contribution in [1.82, 2.24) is 15.0 Å². The van der Waals surface area contributed by atoms with Gasteiger partial charge >= 0.3 is 0 Å². The Kier molecular flexibility index (Phi) is 6.50. The molecule has 4 heteroatoms. The molecule has 1 aliphatic heterocycles. The molecule has 1 spiro atoms. The molecular weight excluding hydrogens is 611 g/mol. The van der Waals surface area contributed by atoms with Crippen molar-refractivity contribution in [3.63, 3.8) is 0 Å². The van der Waals surface area contributed by atoms with E-state index in [1.807, 2.05) is 54.6 Å². The summed E-state index contributed by atoms with van der Waals surface area (Å²) in [5.41, 5.74) is 14.0. The minimum Gasteiger partial charge on any atom is -0.485 e. The number of nitrogens with zero attached hydrogens (tertiary/aromatic N) is 3. The van der Waals surface area contributed by atoms with E-state index in [0.29, 0.717) is 5.82 Å². The Morgan fingerprint density at radius 1 is 0.540 bits per heavy atom. The van der Waals surface area contributed by atoms with E-state index in [0.717, 1.165) is 51.5 Å². The van der Waals surface area contributed by atoms with E-state index in [2.05, 4.69) is 114 Å². The zero-order valence-corrected chi connectivity index (χ0v) is 27.2. The summed E-state index contributed by atoms with van der Waals surface area (Å²) in [7, 11) is 0. The Hall–Kier alpha value is -6.39. The van der Waals surface area contributed by atoms with Crippen molar-refractivity contribution in [3.05, 3.63) is 192 Å². The molecule has 0 bridgehead atoms. The summed E-state index contributed by atoms with van der Waals surface area (Å²) in [4.78, 5) is 14.5. The van der Waals surface area contributed by atoms with Gasteiger partial charge in [0.1, 0.15) is 11.9 Å². The summed E-state index contributed by atoms with van der Waals surface area (Å²) < 4.78 is 6.78. The zero-order valence-electron chi connectivity index (χ0n) is 27.2. The molecular formula is C46H31N3O. The lowest BCUT2D eigenvalue weighted by Crippen LogP contribution is -2.42. The molecule has 236 valence electrons. The van der Waals surface area contributed by atoms with Crippen LogP contribution in [0, 0.1) is 0 Å². The smallest absolute Gasteiger partial charge is 0.160 e. The van der Waals surface area contributed by atoms with Gasteiger partial charge in [-0.15, -0.1) is 0 Å². The van der Waals surface area contributed by atoms with Gasteiger partial charge in [0, 0.05) is 29.3 Å². The molecule has 50 heavy (non-hydrogen) atoms. The Labute approximate surface area is 291 Å². The zero-order chi connectivity index (χ0) is 33.1. The molecule has 0 radical (unpaired) electrons. The largest absolute Gasteiger partial charge is 0.485 e. The van der Waals surface area contributed by atoms with Crippen LogP contribution in [0.3, 0.4) is 0 Å². The van der Waals surface area contributed by atoms with Crippen molar-refractivity contribution in [1.29, 1.82) is 0 Å². The molecule has 0 amide bonds. The first-order valence-corrected chi connectivity index (χ1v) is 17.1. The van der Waals surface area contributed by atoms with Crippen LogP contribution in [0.2, 0.25) is 0 Å². The standard InChI is InChI=1S/C46H31N3O/c1-2-12-32(13-3-1)45-48-41(29-42(49-45)40-19-10-11-27-47-40)31-23-21-30(22-24-31)33-25-26-44-39(28-33)46(38-18-8-9-20-43(38)50-44)36-16-6-4-14-34(36)35-15-5-7-17-37(35)46/h1-19,21-29,43H,20H2. The van der Waals surface area contributed by atoms with E-state index in [9.17, 15) is 0 Å². The van der Waals surface area contributed by atoms with E-state index in [-0.39, 0.29) is 6.10 Å². The highest BCUT2D eigenvalue weighted by Gasteiger charge is 2.53. The predicted molar refractivity (Wildman–Crippen MR) is 200 cm³/mol. The maximum absolute atomic E-state index is 6.78. The molecule has 5 aromatic carbocycles. The average Bonchev–Trinajstić information content (AvgIpc) is 3.49. The lowest BCUT2D eigenvalue weighted by atomic mass is 9.63.